The van der Waals surface area contributed by atoms with Crippen LogP contribution >= 0.6 is 0 Å². The lowest BCUT2D eigenvalue weighted by atomic mass is 9.99. The first kappa shape index (κ1) is 26.9. The van der Waals surface area contributed by atoms with Gasteiger partial charge in [-0.15, -0.1) is 0 Å². The summed E-state index contributed by atoms with van der Waals surface area (Å²) in [5.41, 5.74) is 3.11. The van der Waals surface area contributed by atoms with Crippen LogP contribution in [0.25, 0.3) is 10.8 Å². The van der Waals surface area contributed by atoms with Gasteiger partial charge in [0.05, 0.1) is 0 Å². The fourth-order valence-electron chi connectivity index (χ4n) is 4.63. The highest BCUT2D eigenvalue weighted by Crippen LogP contribution is 2.25. The molecule has 1 atom stereocenters. The predicted molar refractivity (Wildman–Crippen MR) is 149 cm³/mol. The van der Waals surface area contributed by atoms with Crippen LogP contribution < -0.4 is 10.6 Å². The second-order valence-electron chi connectivity index (χ2n) is 9.72. The molecule has 1 amide bonds. The van der Waals surface area contributed by atoms with Crippen molar-refractivity contribution in [3.63, 3.8) is 0 Å². The van der Waals surface area contributed by atoms with Crippen molar-refractivity contribution in [1.82, 2.24) is 10.6 Å². The van der Waals surface area contributed by atoms with E-state index in [1.807, 2.05) is 24.3 Å². The number of hydrogen-bond acceptors (Lipinski definition) is 1. The van der Waals surface area contributed by atoms with Crippen LogP contribution in [0.3, 0.4) is 0 Å². The van der Waals surface area contributed by atoms with Gasteiger partial charge in [0, 0.05) is 24.7 Å². The molecule has 187 valence electrons. The van der Waals surface area contributed by atoms with Crippen molar-refractivity contribution in [3.8, 4) is 0 Å². The molecule has 0 aromatic heterocycles. The van der Waals surface area contributed by atoms with Crippen LogP contribution in [0.2, 0.25) is 0 Å². The minimum atomic E-state index is 0.0218. The van der Waals surface area contributed by atoms with E-state index in [0.717, 1.165) is 24.1 Å². The first-order chi connectivity index (χ1) is 17.2. The molecular weight excluding hydrogens is 428 g/mol. The first-order valence-electron chi connectivity index (χ1n) is 13.7. The summed E-state index contributed by atoms with van der Waals surface area (Å²) in [4.78, 5) is 12.5. The highest BCUT2D eigenvalue weighted by molar-refractivity contribution is 5.94. The number of amides is 1. The molecular formula is C32H43N2O. The van der Waals surface area contributed by atoms with Crippen LogP contribution in [0.4, 0.5) is 0 Å². The third-order valence-corrected chi connectivity index (χ3v) is 6.85. The van der Waals surface area contributed by atoms with Gasteiger partial charge in [0.15, 0.2) is 0 Å². The van der Waals surface area contributed by atoms with E-state index < -0.39 is 0 Å². The van der Waals surface area contributed by atoms with Crippen LogP contribution in [0.15, 0.2) is 66.7 Å². The predicted octanol–water partition coefficient (Wildman–Crippen LogP) is 8.36. The first-order valence-corrected chi connectivity index (χ1v) is 13.7. The Bertz CT molecular complexity index is 1010. The van der Waals surface area contributed by atoms with Crippen LogP contribution in [0, 0.1) is 0 Å². The summed E-state index contributed by atoms with van der Waals surface area (Å²) in [7, 11) is 0. The van der Waals surface area contributed by atoms with E-state index in [4.69, 9.17) is 5.32 Å². The van der Waals surface area contributed by atoms with E-state index in [1.165, 1.54) is 74.1 Å². The zero-order valence-corrected chi connectivity index (χ0v) is 21.8. The molecule has 1 N–H and O–H groups in total. The topological polar surface area (TPSA) is 43.2 Å². The maximum absolute atomic E-state index is 12.5. The van der Waals surface area contributed by atoms with Crippen LogP contribution in [-0.4, -0.2) is 12.5 Å². The third kappa shape index (κ3) is 9.14. The standard InChI is InChI=1S/C32H43N2O/c1-3-4-5-6-7-8-9-10-11-14-24-33-32(35)29-22-20-27(21-23-29)25-34-26(2)30-19-15-17-28-16-12-13-18-31(28)30/h12-13,15-23,26H,3-11,14,24-25H2,1-2H3,(H,33,35). The number of hydrogen-bond donors (Lipinski definition) is 1. The fraction of sp³-hybridized carbons (Fsp3) is 0.469. The van der Waals surface area contributed by atoms with Crippen molar-refractivity contribution in [2.45, 2.75) is 90.6 Å². The monoisotopic (exact) mass is 471 g/mol. The average Bonchev–Trinajstić information content (AvgIpc) is 2.90. The number of unbranched alkanes of at least 4 members (excludes halogenated alkanes) is 9. The minimum absolute atomic E-state index is 0.0218. The smallest absolute Gasteiger partial charge is 0.251 e. The Balaban J connectivity index is 1.32. The van der Waals surface area contributed by atoms with E-state index in [2.05, 4.69) is 61.6 Å². The molecule has 0 fully saturated rings. The molecule has 0 saturated carbocycles. The van der Waals surface area contributed by atoms with Crippen molar-refractivity contribution in [1.29, 1.82) is 0 Å². The molecule has 0 aliphatic heterocycles. The van der Waals surface area contributed by atoms with Gasteiger partial charge < -0.3 is 5.32 Å². The van der Waals surface area contributed by atoms with Crippen LogP contribution in [0.5, 0.6) is 0 Å². The van der Waals surface area contributed by atoms with Gasteiger partial charge in [-0.3, -0.25) is 4.79 Å². The van der Waals surface area contributed by atoms with E-state index in [0.29, 0.717) is 6.54 Å². The lowest BCUT2D eigenvalue weighted by Crippen LogP contribution is -2.24. The molecule has 1 unspecified atom stereocenters. The molecule has 3 nitrogen and oxygen atoms in total. The molecule has 0 bridgehead atoms. The van der Waals surface area contributed by atoms with Crippen molar-refractivity contribution in [2.24, 2.45) is 0 Å². The van der Waals surface area contributed by atoms with Gasteiger partial charge >= 0.3 is 0 Å². The summed E-state index contributed by atoms with van der Waals surface area (Å²) < 4.78 is 0. The highest BCUT2D eigenvalue weighted by Gasteiger charge is 2.10. The normalized spacial score (nSPS) is 12.1. The second kappa shape index (κ2) is 15.4. The molecule has 0 aliphatic rings. The third-order valence-electron chi connectivity index (χ3n) is 6.85. The van der Waals surface area contributed by atoms with Crippen LogP contribution in [-0.2, 0) is 6.54 Å². The quantitative estimate of drug-likeness (QED) is 0.210. The van der Waals surface area contributed by atoms with Gasteiger partial charge in [-0.2, -0.15) is 0 Å². The number of nitrogens with one attached hydrogen (secondary N) is 1. The molecule has 3 heteroatoms. The maximum Gasteiger partial charge on any atom is 0.251 e. The minimum Gasteiger partial charge on any atom is -0.352 e. The molecule has 3 rings (SSSR count). The lowest BCUT2D eigenvalue weighted by Gasteiger charge is -2.15. The molecule has 35 heavy (non-hydrogen) atoms. The molecule has 0 spiro atoms. The van der Waals surface area contributed by atoms with Crippen molar-refractivity contribution < 1.29 is 4.79 Å². The van der Waals surface area contributed by atoms with Gasteiger partial charge in [-0.1, -0.05) is 119 Å². The van der Waals surface area contributed by atoms with Crippen LogP contribution in [0.1, 0.15) is 106 Å². The second-order valence-corrected chi connectivity index (χ2v) is 9.72. The SMILES string of the molecule is CCCCCCCCCCCCNC(=O)c1ccc(C[N]C(C)c2cccc3ccccc23)cc1. The number of carbonyl (C=O) groups is 1. The lowest BCUT2D eigenvalue weighted by molar-refractivity contribution is 0.0953. The Morgan fingerprint density at radius 1 is 0.771 bits per heavy atom. The average molecular weight is 472 g/mol. The number of fused-ring (bicyclic) bond motifs is 1. The Morgan fingerprint density at radius 3 is 2.11 bits per heavy atom. The number of carbonyl (C=O) groups excluding carboxylic acids is 1. The van der Waals surface area contributed by atoms with E-state index in [-0.39, 0.29) is 11.9 Å². The Kier molecular flexibility index (Phi) is 11.8. The van der Waals surface area contributed by atoms with Gasteiger partial charge in [0.2, 0.25) is 0 Å². The zero-order chi connectivity index (χ0) is 24.7. The molecule has 3 aromatic carbocycles. The zero-order valence-electron chi connectivity index (χ0n) is 21.8. The van der Waals surface area contributed by atoms with Crippen molar-refractivity contribution in [3.05, 3.63) is 83.4 Å². The highest BCUT2D eigenvalue weighted by atomic mass is 16.1. The van der Waals surface area contributed by atoms with E-state index in [9.17, 15) is 4.79 Å². The summed E-state index contributed by atoms with van der Waals surface area (Å²) in [6, 6.07) is 22.9. The Morgan fingerprint density at radius 2 is 1.40 bits per heavy atom. The van der Waals surface area contributed by atoms with Gasteiger partial charge in [0.25, 0.3) is 5.91 Å². The summed E-state index contributed by atoms with van der Waals surface area (Å²) in [5, 5.41) is 10.5. The molecule has 0 saturated heterocycles. The number of benzene rings is 3. The van der Waals surface area contributed by atoms with Crippen molar-refractivity contribution >= 4 is 16.7 Å². The Labute approximate surface area is 212 Å². The number of nitrogens with zero attached hydrogens (tertiary/aromatic N) is 1. The molecule has 0 heterocycles. The summed E-state index contributed by atoms with van der Waals surface area (Å²) >= 11 is 0. The van der Waals surface area contributed by atoms with Crippen molar-refractivity contribution in [2.75, 3.05) is 6.54 Å². The number of rotatable bonds is 16. The van der Waals surface area contributed by atoms with E-state index >= 15 is 0 Å². The molecule has 0 aliphatic carbocycles. The molecule has 3 aromatic rings. The summed E-state index contributed by atoms with van der Waals surface area (Å²) in [5.74, 6) is 0.0218. The fourth-order valence-corrected chi connectivity index (χ4v) is 4.63. The summed E-state index contributed by atoms with van der Waals surface area (Å²) in [6.07, 6.45) is 13.1. The van der Waals surface area contributed by atoms with E-state index in [1.54, 1.807) is 0 Å². The molecule has 1 radical (unpaired) electrons. The Hall–Kier alpha value is -2.65. The largest absolute Gasteiger partial charge is 0.352 e. The maximum atomic E-state index is 12.5. The summed E-state index contributed by atoms with van der Waals surface area (Å²) in [6.45, 7) is 5.82. The van der Waals surface area contributed by atoms with Gasteiger partial charge in [0.1, 0.15) is 0 Å². The van der Waals surface area contributed by atoms with Gasteiger partial charge in [-0.05, 0) is 47.4 Å². The van der Waals surface area contributed by atoms with Gasteiger partial charge in [-0.25, -0.2) is 5.32 Å².